The van der Waals surface area contributed by atoms with Crippen LogP contribution in [0.1, 0.15) is 31.3 Å². The van der Waals surface area contributed by atoms with Crippen molar-refractivity contribution >= 4 is 23.2 Å². The zero-order chi connectivity index (χ0) is 16.4. The number of piperazine rings is 1. The molecule has 3 rings (SSSR count). The van der Waals surface area contributed by atoms with Crippen LogP contribution in [0.25, 0.3) is 0 Å². The molecule has 0 saturated carbocycles. The molecule has 3 heterocycles. The lowest BCUT2D eigenvalue weighted by atomic mass is 10.0. The molecule has 0 aromatic carbocycles. The zero-order valence-electron chi connectivity index (χ0n) is 13.2. The predicted molar refractivity (Wildman–Crippen MR) is 94.0 cm³/mol. The first-order valence-electron chi connectivity index (χ1n) is 7.76. The fourth-order valence-corrected chi connectivity index (χ4v) is 3.22. The van der Waals surface area contributed by atoms with Gasteiger partial charge in [0.2, 0.25) is 0 Å². The minimum atomic E-state index is -0.0101. The molecule has 0 spiro atoms. The Morgan fingerprint density at radius 3 is 2.09 bits per heavy atom. The first-order chi connectivity index (χ1) is 11.0. The molecule has 4 nitrogen and oxygen atoms in total. The van der Waals surface area contributed by atoms with E-state index in [1.54, 1.807) is 12.4 Å². The third kappa shape index (κ3) is 3.83. The molecular formula is C17H20Cl2N4. The number of nitrogens with one attached hydrogen (secondary N) is 1. The van der Waals surface area contributed by atoms with E-state index in [-0.39, 0.29) is 6.04 Å². The predicted octanol–water partition coefficient (Wildman–Crippen LogP) is 3.56. The maximum Gasteiger partial charge on any atom is 0.0953 e. The SMILES string of the molecule is C[C@@H]1CN[C@@H](C)CN1C(c1ccc(Cl)cn1)c1ccc(Cl)cn1. The van der Waals surface area contributed by atoms with E-state index in [4.69, 9.17) is 23.2 Å². The van der Waals surface area contributed by atoms with E-state index in [0.29, 0.717) is 22.1 Å². The van der Waals surface area contributed by atoms with Crippen LogP contribution in [0.15, 0.2) is 36.7 Å². The number of hydrogen-bond donors (Lipinski definition) is 1. The van der Waals surface area contributed by atoms with Gasteiger partial charge in [-0.1, -0.05) is 23.2 Å². The summed E-state index contributed by atoms with van der Waals surface area (Å²) in [6.07, 6.45) is 3.38. The summed E-state index contributed by atoms with van der Waals surface area (Å²) in [4.78, 5) is 11.5. The summed E-state index contributed by atoms with van der Waals surface area (Å²) in [5.41, 5.74) is 1.90. The highest BCUT2D eigenvalue weighted by atomic mass is 35.5. The van der Waals surface area contributed by atoms with Crippen molar-refractivity contribution in [3.63, 3.8) is 0 Å². The molecule has 6 heteroatoms. The topological polar surface area (TPSA) is 41.0 Å². The Balaban J connectivity index is 2.01. The molecule has 0 bridgehead atoms. The van der Waals surface area contributed by atoms with E-state index in [2.05, 4.69) is 34.0 Å². The van der Waals surface area contributed by atoms with Crippen molar-refractivity contribution < 1.29 is 0 Å². The van der Waals surface area contributed by atoms with E-state index in [9.17, 15) is 0 Å². The van der Waals surface area contributed by atoms with Crippen LogP contribution in [0.2, 0.25) is 10.0 Å². The summed E-state index contributed by atoms with van der Waals surface area (Å²) >= 11 is 12.0. The Bertz CT molecular complexity index is 599. The molecule has 122 valence electrons. The summed E-state index contributed by atoms with van der Waals surface area (Å²) in [5.74, 6) is 0. The van der Waals surface area contributed by atoms with Gasteiger partial charge >= 0.3 is 0 Å². The number of aromatic nitrogens is 2. The molecule has 1 N–H and O–H groups in total. The van der Waals surface area contributed by atoms with Crippen LogP contribution in [-0.2, 0) is 0 Å². The first-order valence-corrected chi connectivity index (χ1v) is 8.52. The Kier molecular flexibility index (Phi) is 5.17. The van der Waals surface area contributed by atoms with Crippen molar-refractivity contribution in [2.45, 2.75) is 32.0 Å². The molecule has 2 aromatic rings. The molecular weight excluding hydrogens is 331 g/mol. The summed E-state index contributed by atoms with van der Waals surface area (Å²) in [6, 6.07) is 8.50. The molecule has 1 fully saturated rings. The van der Waals surface area contributed by atoms with Crippen molar-refractivity contribution in [2.75, 3.05) is 13.1 Å². The fraction of sp³-hybridized carbons (Fsp3) is 0.412. The van der Waals surface area contributed by atoms with Crippen molar-refractivity contribution in [1.29, 1.82) is 0 Å². The standard InChI is InChI=1S/C17H20Cl2N4/c1-11-10-23(12(2)7-20-11)17(15-5-3-13(18)8-21-15)16-6-4-14(19)9-22-16/h3-6,8-9,11-12,17,20H,7,10H2,1-2H3/t11-,12+/m0/s1. The van der Waals surface area contributed by atoms with Crippen LogP contribution in [0, 0.1) is 0 Å². The first kappa shape index (κ1) is 16.7. The highest BCUT2D eigenvalue weighted by Crippen LogP contribution is 2.30. The minimum Gasteiger partial charge on any atom is -0.311 e. The van der Waals surface area contributed by atoms with E-state index >= 15 is 0 Å². The molecule has 2 atom stereocenters. The lowest BCUT2D eigenvalue weighted by molar-refractivity contribution is 0.109. The van der Waals surface area contributed by atoms with Crippen LogP contribution < -0.4 is 5.32 Å². The summed E-state index contributed by atoms with van der Waals surface area (Å²) in [5, 5.41) is 4.79. The monoisotopic (exact) mass is 350 g/mol. The molecule has 2 aromatic heterocycles. The van der Waals surface area contributed by atoms with Gasteiger partial charge in [-0.2, -0.15) is 0 Å². The Hall–Kier alpha value is -1.20. The number of hydrogen-bond acceptors (Lipinski definition) is 4. The lowest BCUT2D eigenvalue weighted by Gasteiger charge is -2.42. The molecule has 1 aliphatic rings. The van der Waals surface area contributed by atoms with E-state index in [0.717, 1.165) is 24.5 Å². The van der Waals surface area contributed by atoms with Gasteiger partial charge in [-0.25, -0.2) is 0 Å². The maximum atomic E-state index is 6.00. The van der Waals surface area contributed by atoms with Crippen LogP contribution in [0.5, 0.6) is 0 Å². The normalized spacial score (nSPS) is 22.5. The van der Waals surface area contributed by atoms with Gasteiger partial charge in [0.15, 0.2) is 0 Å². The highest BCUT2D eigenvalue weighted by molar-refractivity contribution is 6.30. The smallest absolute Gasteiger partial charge is 0.0953 e. The van der Waals surface area contributed by atoms with Crippen molar-refractivity contribution in [2.24, 2.45) is 0 Å². The van der Waals surface area contributed by atoms with Crippen molar-refractivity contribution in [1.82, 2.24) is 20.2 Å². The Morgan fingerprint density at radius 2 is 1.61 bits per heavy atom. The van der Waals surface area contributed by atoms with Gasteiger partial charge in [-0.15, -0.1) is 0 Å². The van der Waals surface area contributed by atoms with Crippen LogP contribution in [0.4, 0.5) is 0 Å². The third-order valence-corrected chi connectivity index (χ3v) is 4.65. The average molecular weight is 351 g/mol. The molecule has 0 unspecified atom stereocenters. The zero-order valence-corrected chi connectivity index (χ0v) is 14.7. The maximum absolute atomic E-state index is 6.00. The quantitative estimate of drug-likeness (QED) is 0.918. The van der Waals surface area contributed by atoms with Crippen LogP contribution in [0.3, 0.4) is 0 Å². The number of pyridine rings is 2. The second-order valence-corrected chi connectivity index (χ2v) is 6.93. The summed E-state index contributed by atoms with van der Waals surface area (Å²) in [6.45, 7) is 6.29. The fourth-order valence-electron chi connectivity index (χ4n) is 3.00. The molecule has 23 heavy (non-hydrogen) atoms. The highest BCUT2D eigenvalue weighted by Gasteiger charge is 2.32. The Labute approximate surface area is 146 Å². The number of halogens is 2. The van der Waals surface area contributed by atoms with Crippen LogP contribution >= 0.6 is 23.2 Å². The van der Waals surface area contributed by atoms with Gasteiger partial charge in [-0.05, 0) is 38.1 Å². The molecule has 0 aliphatic carbocycles. The van der Waals surface area contributed by atoms with E-state index in [1.807, 2.05) is 24.3 Å². The van der Waals surface area contributed by atoms with Gasteiger partial charge in [-0.3, -0.25) is 14.9 Å². The van der Waals surface area contributed by atoms with Gasteiger partial charge in [0, 0.05) is 37.6 Å². The summed E-state index contributed by atoms with van der Waals surface area (Å²) < 4.78 is 0. The van der Waals surface area contributed by atoms with Crippen molar-refractivity contribution in [3.8, 4) is 0 Å². The van der Waals surface area contributed by atoms with Gasteiger partial charge < -0.3 is 5.32 Å². The molecule has 0 radical (unpaired) electrons. The summed E-state index contributed by atoms with van der Waals surface area (Å²) in [7, 11) is 0. The van der Waals surface area contributed by atoms with E-state index in [1.165, 1.54) is 0 Å². The largest absolute Gasteiger partial charge is 0.311 e. The second-order valence-electron chi connectivity index (χ2n) is 6.06. The number of nitrogens with zero attached hydrogens (tertiary/aromatic N) is 3. The van der Waals surface area contributed by atoms with Gasteiger partial charge in [0.05, 0.1) is 27.5 Å². The third-order valence-electron chi connectivity index (χ3n) is 4.21. The molecule has 1 aliphatic heterocycles. The van der Waals surface area contributed by atoms with E-state index < -0.39 is 0 Å². The van der Waals surface area contributed by atoms with Gasteiger partial charge in [0.25, 0.3) is 0 Å². The van der Waals surface area contributed by atoms with Crippen molar-refractivity contribution in [3.05, 3.63) is 58.1 Å². The molecule has 1 saturated heterocycles. The lowest BCUT2D eigenvalue weighted by Crippen LogP contribution is -2.55. The Morgan fingerprint density at radius 1 is 1.04 bits per heavy atom. The average Bonchev–Trinajstić information content (AvgIpc) is 2.54. The number of rotatable bonds is 3. The molecule has 0 amide bonds. The minimum absolute atomic E-state index is 0.0101. The van der Waals surface area contributed by atoms with Gasteiger partial charge in [0.1, 0.15) is 0 Å². The second kappa shape index (κ2) is 7.14. The van der Waals surface area contributed by atoms with Crippen LogP contribution in [-0.4, -0.2) is 40.0 Å².